The van der Waals surface area contributed by atoms with Gasteiger partial charge in [0.05, 0.1) is 0 Å². The van der Waals surface area contributed by atoms with Gasteiger partial charge in [0.1, 0.15) is 6.29 Å². The highest BCUT2D eigenvalue weighted by Crippen LogP contribution is 2.27. The van der Waals surface area contributed by atoms with E-state index in [2.05, 4.69) is 36.7 Å². The number of carbonyl (C=O) groups is 1. The fraction of sp³-hybridized carbons (Fsp3) is 0.857. The summed E-state index contributed by atoms with van der Waals surface area (Å²) in [7, 11) is 0. The van der Waals surface area contributed by atoms with Crippen molar-refractivity contribution in [3.8, 4) is 0 Å². The molecule has 0 saturated heterocycles. The van der Waals surface area contributed by atoms with E-state index in [0.29, 0.717) is 11.2 Å². The van der Waals surface area contributed by atoms with Crippen molar-refractivity contribution in [2.24, 2.45) is 5.41 Å². The van der Waals surface area contributed by atoms with Gasteiger partial charge in [0.15, 0.2) is 0 Å². The van der Waals surface area contributed by atoms with E-state index in [0.717, 1.165) is 6.29 Å². The van der Waals surface area contributed by atoms with Crippen molar-refractivity contribution in [3.05, 3.63) is 0 Å². The molecule has 0 heterocycles. The van der Waals surface area contributed by atoms with Crippen LogP contribution in [0.4, 0.5) is 0 Å². The van der Waals surface area contributed by atoms with Gasteiger partial charge in [-0.3, -0.25) is 0 Å². The molecule has 2 heteroatoms. The van der Waals surface area contributed by atoms with E-state index in [1.807, 2.05) is 0 Å². The van der Waals surface area contributed by atoms with Crippen molar-refractivity contribution in [2.45, 2.75) is 32.0 Å². The second-order valence-corrected chi connectivity index (χ2v) is 4.34. The number of alkyl halides is 1. The second-order valence-electron chi connectivity index (χ2n) is 3.24. The van der Waals surface area contributed by atoms with Crippen molar-refractivity contribution < 1.29 is 4.79 Å². The Balaban J connectivity index is 3.72. The zero-order valence-corrected chi connectivity index (χ0v) is 7.73. The van der Waals surface area contributed by atoms with Crippen LogP contribution in [0.1, 0.15) is 27.2 Å². The number of halogens is 1. The predicted octanol–water partition coefficient (Wildman–Crippen LogP) is 2.39. The summed E-state index contributed by atoms with van der Waals surface area (Å²) in [5.74, 6) is 0. The molecule has 0 fully saturated rings. The van der Waals surface area contributed by atoms with Crippen LogP contribution in [-0.2, 0) is 4.79 Å². The van der Waals surface area contributed by atoms with Gasteiger partial charge in [0.25, 0.3) is 0 Å². The summed E-state index contributed by atoms with van der Waals surface area (Å²) in [6.45, 7) is 6.32. The van der Waals surface area contributed by atoms with Crippen LogP contribution in [0.3, 0.4) is 0 Å². The van der Waals surface area contributed by atoms with E-state index in [-0.39, 0.29) is 5.41 Å². The first kappa shape index (κ1) is 9.15. The first-order valence-corrected chi connectivity index (χ1v) is 3.97. The lowest BCUT2D eigenvalue weighted by molar-refractivity contribution is -0.108. The lowest BCUT2D eigenvalue weighted by Gasteiger charge is -2.23. The Bertz CT molecular complexity index is 93.6. The molecule has 0 amide bonds. The smallest absolute Gasteiger partial charge is 0.121 e. The minimum atomic E-state index is 0.195. The van der Waals surface area contributed by atoms with Gasteiger partial charge in [-0.15, -0.1) is 0 Å². The third-order valence-corrected chi connectivity index (χ3v) is 2.99. The minimum absolute atomic E-state index is 0.195. The molecule has 0 aliphatic heterocycles. The molecule has 1 atom stereocenters. The molecule has 0 saturated carbocycles. The van der Waals surface area contributed by atoms with Crippen LogP contribution in [-0.4, -0.2) is 11.1 Å². The van der Waals surface area contributed by atoms with E-state index >= 15 is 0 Å². The van der Waals surface area contributed by atoms with Crippen LogP contribution in [0.15, 0.2) is 0 Å². The molecule has 0 aromatic heterocycles. The SMILES string of the molecule is CC(C)(C)C(Br)CC=O. The van der Waals surface area contributed by atoms with Crippen LogP contribution >= 0.6 is 15.9 Å². The van der Waals surface area contributed by atoms with E-state index < -0.39 is 0 Å². The molecule has 0 aromatic rings. The third kappa shape index (κ3) is 3.68. The molecule has 0 spiro atoms. The summed E-state index contributed by atoms with van der Waals surface area (Å²) >= 11 is 3.43. The van der Waals surface area contributed by atoms with Crippen molar-refractivity contribution >= 4 is 22.2 Å². The molecular formula is C7H13BrO. The second kappa shape index (κ2) is 3.35. The number of carbonyl (C=O) groups excluding carboxylic acids is 1. The lowest BCUT2D eigenvalue weighted by atomic mass is 9.91. The van der Waals surface area contributed by atoms with E-state index in [4.69, 9.17) is 0 Å². The number of rotatable bonds is 2. The van der Waals surface area contributed by atoms with Crippen molar-refractivity contribution in [2.75, 3.05) is 0 Å². The maximum atomic E-state index is 10.0. The van der Waals surface area contributed by atoms with Gasteiger partial charge in [-0.25, -0.2) is 0 Å². The van der Waals surface area contributed by atoms with Gasteiger partial charge in [0.2, 0.25) is 0 Å². The van der Waals surface area contributed by atoms with Gasteiger partial charge in [-0.1, -0.05) is 36.7 Å². The summed E-state index contributed by atoms with van der Waals surface area (Å²) in [5, 5.41) is 0. The average molecular weight is 193 g/mol. The van der Waals surface area contributed by atoms with E-state index in [1.165, 1.54) is 0 Å². The van der Waals surface area contributed by atoms with Gasteiger partial charge < -0.3 is 4.79 Å². The van der Waals surface area contributed by atoms with Crippen LogP contribution < -0.4 is 0 Å². The van der Waals surface area contributed by atoms with E-state index in [9.17, 15) is 4.79 Å². The predicted molar refractivity (Wildman–Crippen MR) is 42.9 cm³/mol. The van der Waals surface area contributed by atoms with Crippen molar-refractivity contribution in [1.82, 2.24) is 0 Å². The van der Waals surface area contributed by atoms with Crippen LogP contribution in [0, 0.1) is 5.41 Å². The maximum Gasteiger partial charge on any atom is 0.121 e. The van der Waals surface area contributed by atoms with Crippen LogP contribution in [0.2, 0.25) is 0 Å². The molecule has 54 valence electrons. The Kier molecular flexibility index (Phi) is 3.41. The Hall–Kier alpha value is 0.150. The molecular weight excluding hydrogens is 180 g/mol. The lowest BCUT2D eigenvalue weighted by Crippen LogP contribution is -2.20. The zero-order chi connectivity index (χ0) is 7.49. The highest BCUT2D eigenvalue weighted by atomic mass is 79.9. The van der Waals surface area contributed by atoms with Gasteiger partial charge in [0, 0.05) is 11.2 Å². The Morgan fingerprint density at radius 3 is 2.11 bits per heavy atom. The summed E-state index contributed by atoms with van der Waals surface area (Å²) in [4.78, 5) is 10.3. The minimum Gasteiger partial charge on any atom is -0.303 e. The summed E-state index contributed by atoms with van der Waals surface area (Å²) in [5.41, 5.74) is 0.195. The summed E-state index contributed by atoms with van der Waals surface area (Å²) in [6, 6.07) is 0. The molecule has 0 aromatic carbocycles. The summed E-state index contributed by atoms with van der Waals surface area (Å²) < 4.78 is 0. The highest BCUT2D eigenvalue weighted by molar-refractivity contribution is 9.09. The normalized spacial score (nSPS) is 15.1. The monoisotopic (exact) mass is 192 g/mol. The van der Waals surface area contributed by atoms with Gasteiger partial charge >= 0.3 is 0 Å². The largest absolute Gasteiger partial charge is 0.303 e. The molecule has 0 rings (SSSR count). The van der Waals surface area contributed by atoms with Crippen molar-refractivity contribution in [1.29, 1.82) is 0 Å². The van der Waals surface area contributed by atoms with Gasteiger partial charge in [-0.2, -0.15) is 0 Å². The number of hydrogen-bond acceptors (Lipinski definition) is 1. The first-order valence-electron chi connectivity index (χ1n) is 3.06. The van der Waals surface area contributed by atoms with Crippen LogP contribution in [0.5, 0.6) is 0 Å². The zero-order valence-electron chi connectivity index (χ0n) is 6.15. The molecule has 9 heavy (non-hydrogen) atoms. The molecule has 0 radical (unpaired) electrons. The number of hydrogen-bond donors (Lipinski definition) is 0. The topological polar surface area (TPSA) is 17.1 Å². The quantitative estimate of drug-likeness (QED) is 0.486. The molecule has 1 unspecified atom stereocenters. The van der Waals surface area contributed by atoms with Crippen LogP contribution in [0.25, 0.3) is 0 Å². The molecule has 0 N–H and O–H groups in total. The van der Waals surface area contributed by atoms with E-state index in [1.54, 1.807) is 0 Å². The maximum absolute atomic E-state index is 10.0. The van der Waals surface area contributed by atoms with Gasteiger partial charge in [-0.05, 0) is 5.41 Å². The Morgan fingerprint density at radius 1 is 1.56 bits per heavy atom. The molecule has 0 aliphatic carbocycles. The highest BCUT2D eigenvalue weighted by Gasteiger charge is 2.20. The molecule has 0 bridgehead atoms. The first-order chi connectivity index (χ1) is 3.98. The average Bonchev–Trinajstić information content (AvgIpc) is 1.64. The number of aldehydes is 1. The fourth-order valence-corrected chi connectivity index (χ4v) is 0.591. The standard InChI is InChI=1S/C7H13BrO/c1-7(2,3)6(8)4-5-9/h5-6H,4H2,1-3H3. The van der Waals surface area contributed by atoms with Crippen molar-refractivity contribution in [3.63, 3.8) is 0 Å². The fourth-order valence-electron chi connectivity index (χ4n) is 0.438. The Labute approximate surface area is 65.0 Å². The Morgan fingerprint density at radius 2 is 2.00 bits per heavy atom. The third-order valence-electron chi connectivity index (χ3n) is 1.24. The summed E-state index contributed by atoms with van der Waals surface area (Å²) in [6.07, 6.45) is 1.55. The molecule has 1 nitrogen and oxygen atoms in total. The molecule has 0 aliphatic rings.